The molecule has 0 aliphatic carbocycles. The molecule has 17 heavy (non-hydrogen) atoms. The van der Waals surface area contributed by atoms with Gasteiger partial charge in [-0.25, -0.2) is 4.39 Å². The quantitative estimate of drug-likeness (QED) is 0.804. The molecule has 2 unspecified atom stereocenters. The first-order valence-electron chi connectivity index (χ1n) is 5.02. The highest BCUT2D eigenvalue weighted by Gasteiger charge is 2.26. The van der Waals surface area contributed by atoms with Crippen LogP contribution in [0.3, 0.4) is 0 Å². The second kappa shape index (κ2) is 5.95. The van der Waals surface area contributed by atoms with Crippen LogP contribution in [0.25, 0.3) is 0 Å². The van der Waals surface area contributed by atoms with E-state index in [1.165, 1.54) is 6.07 Å². The molecule has 0 saturated carbocycles. The summed E-state index contributed by atoms with van der Waals surface area (Å²) in [7, 11) is 0. The number of esters is 1. The Balaban J connectivity index is 2.88. The highest BCUT2D eigenvalue weighted by atomic mass is 35.5. The third-order valence-electron chi connectivity index (χ3n) is 2.18. The van der Waals surface area contributed by atoms with E-state index in [-0.39, 0.29) is 17.2 Å². The Morgan fingerprint density at radius 1 is 1.65 bits per heavy atom. The summed E-state index contributed by atoms with van der Waals surface area (Å²) in [6.45, 7) is 1.79. The summed E-state index contributed by atoms with van der Waals surface area (Å²) in [5, 5.41) is 9.84. The van der Waals surface area contributed by atoms with Gasteiger partial charge < -0.3 is 15.6 Å². The molecule has 0 aromatic heterocycles. The monoisotopic (exact) mass is 261 g/mol. The predicted octanol–water partition coefficient (Wildman–Crippen LogP) is 1.40. The average Bonchev–Trinajstić information content (AvgIpc) is 2.27. The van der Waals surface area contributed by atoms with Crippen LogP contribution < -0.4 is 5.73 Å². The van der Waals surface area contributed by atoms with Gasteiger partial charge in [0, 0.05) is 10.6 Å². The molecule has 94 valence electrons. The van der Waals surface area contributed by atoms with Gasteiger partial charge in [-0.05, 0) is 19.1 Å². The number of carbonyl (C=O) groups is 1. The summed E-state index contributed by atoms with van der Waals surface area (Å²) in [5.74, 6) is -1.27. The van der Waals surface area contributed by atoms with E-state index < -0.39 is 23.9 Å². The molecule has 1 aromatic rings. The van der Waals surface area contributed by atoms with E-state index >= 15 is 0 Å². The Morgan fingerprint density at radius 2 is 2.29 bits per heavy atom. The van der Waals surface area contributed by atoms with Gasteiger partial charge in [0.15, 0.2) is 0 Å². The van der Waals surface area contributed by atoms with E-state index in [9.17, 15) is 14.3 Å². The smallest absolute Gasteiger partial charge is 0.325 e. The van der Waals surface area contributed by atoms with E-state index in [0.717, 1.165) is 12.1 Å². The van der Waals surface area contributed by atoms with Gasteiger partial charge in [0.25, 0.3) is 0 Å². The molecule has 0 radical (unpaired) electrons. The number of rotatable bonds is 4. The van der Waals surface area contributed by atoms with E-state index in [0.29, 0.717) is 0 Å². The number of carbonyl (C=O) groups excluding carboxylic acids is 1. The number of ether oxygens (including phenoxy) is 1. The van der Waals surface area contributed by atoms with Gasteiger partial charge in [-0.2, -0.15) is 0 Å². The van der Waals surface area contributed by atoms with Crippen LogP contribution in [0.2, 0.25) is 5.02 Å². The van der Waals surface area contributed by atoms with Crippen LogP contribution in [0.4, 0.5) is 4.39 Å². The first kappa shape index (κ1) is 13.9. The van der Waals surface area contributed by atoms with Gasteiger partial charge in [-0.1, -0.05) is 17.7 Å². The summed E-state index contributed by atoms with van der Waals surface area (Å²) in [5.41, 5.74) is 5.70. The fraction of sp³-hybridized carbons (Fsp3) is 0.364. The van der Waals surface area contributed by atoms with Crippen LogP contribution in [0.5, 0.6) is 0 Å². The van der Waals surface area contributed by atoms with E-state index in [1.807, 2.05) is 0 Å². The molecule has 0 aliphatic heterocycles. The zero-order valence-electron chi connectivity index (χ0n) is 9.19. The van der Waals surface area contributed by atoms with Crippen molar-refractivity contribution in [1.82, 2.24) is 0 Å². The minimum Gasteiger partial charge on any atom is -0.465 e. The molecule has 0 heterocycles. The van der Waals surface area contributed by atoms with E-state index in [1.54, 1.807) is 6.92 Å². The van der Waals surface area contributed by atoms with Gasteiger partial charge in [0.1, 0.15) is 18.0 Å². The standard InChI is InChI=1S/C11H13ClFNO3/c1-2-17-11(16)9(14)10(15)7-4-3-6(13)5-8(7)12/h3-5,9-10,15H,2,14H2,1H3. The first-order valence-corrected chi connectivity index (χ1v) is 5.40. The molecule has 0 bridgehead atoms. The summed E-state index contributed by atoms with van der Waals surface area (Å²) < 4.78 is 17.5. The second-order valence-corrected chi connectivity index (χ2v) is 3.80. The van der Waals surface area contributed by atoms with Crippen molar-refractivity contribution < 1.29 is 19.0 Å². The van der Waals surface area contributed by atoms with Crippen molar-refractivity contribution >= 4 is 17.6 Å². The van der Waals surface area contributed by atoms with Gasteiger partial charge in [0.05, 0.1) is 6.61 Å². The lowest BCUT2D eigenvalue weighted by Crippen LogP contribution is -2.38. The normalized spacial score (nSPS) is 14.2. The molecule has 0 fully saturated rings. The van der Waals surface area contributed by atoms with Crippen LogP contribution in [0.1, 0.15) is 18.6 Å². The second-order valence-electron chi connectivity index (χ2n) is 3.39. The largest absolute Gasteiger partial charge is 0.465 e. The lowest BCUT2D eigenvalue weighted by Gasteiger charge is -2.18. The Hall–Kier alpha value is -1.17. The fourth-order valence-electron chi connectivity index (χ4n) is 1.30. The molecule has 0 amide bonds. The minimum atomic E-state index is -1.33. The summed E-state index contributed by atoms with van der Waals surface area (Å²) in [6.07, 6.45) is -1.33. The number of hydrogen-bond donors (Lipinski definition) is 2. The van der Waals surface area contributed by atoms with Crippen molar-refractivity contribution in [2.45, 2.75) is 19.1 Å². The van der Waals surface area contributed by atoms with Gasteiger partial charge in [0.2, 0.25) is 0 Å². The topological polar surface area (TPSA) is 72.5 Å². The summed E-state index contributed by atoms with van der Waals surface area (Å²) in [4.78, 5) is 11.3. The number of nitrogens with two attached hydrogens (primary N) is 1. The maximum Gasteiger partial charge on any atom is 0.325 e. The lowest BCUT2D eigenvalue weighted by atomic mass is 10.0. The molecule has 1 rings (SSSR count). The van der Waals surface area contributed by atoms with Gasteiger partial charge in [-0.3, -0.25) is 4.79 Å². The average molecular weight is 262 g/mol. The van der Waals surface area contributed by atoms with Crippen molar-refractivity contribution in [1.29, 1.82) is 0 Å². The van der Waals surface area contributed by atoms with E-state index in [2.05, 4.69) is 4.74 Å². The van der Waals surface area contributed by atoms with Crippen molar-refractivity contribution in [3.8, 4) is 0 Å². The molecule has 0 saturated heterocycles. The number of aliphatic hydroxyl groups excluding tert-OH is 1. The van der Waals surface area contributed by atoms with Crippen LogP contribution in [0, 0.1) is 5.82 Å². The number of halogens is 2. The Morgan fingerprint density at radius 3 is 2.82 bits per heavy atom. The van der Waals surface area contributed by atoms with Gasteiger partial charge >= 0.3 is 5.97 Å². The van der Waals surface area contributed by atoms with Crippen LogP contribution >= 0.6 is 11.6 Å². The van der Waals surface area contributed by atoms with Crippen LogP contribution in [-0.4, -0.2) is 23.7 Å². The molecule has 1 aromatic carbocycles. The molecular formula is C11H13ClFNO3. The predicted molar refractivity (Wildman–Crippen MR) is 61.0 cm³/mol. The molecule has 6 heteroatoms. The molecular weight excluding hydrogens is 249 g/mol. The summed E-state index contributed by atoms with van der Waals surface area (Å²) in [6, 6.07) is 2.19. The lowest BCUT2D eigenvalue weighted by molar-refractivity contribution is -0.147. The van der Waals surface area contributed by atoms with Gasteiger partial charge in [-0.15, -0.1) is 0 Å². The summed E-state index contributed by atoms with van der Waals surface area (Å²) >= 11 is 5.74. The molecule has 0 spiro atoms. The van der Waals surface area contributed by atoms with Crippen molar-refractivity contribution in [3.05, 3.63) is 34.6 Å². The van der Waals surface area contributed by atoms with Crippen molar-refractivity contribution in [2.75, 3.05) is 6.61 Å². The van der Waals surface area contributed by atoms with Crippen LogP contribution in [0.15, 0.2) is 18.2 Å². The molecule has 0 aliphatic rings. The first-order chi connectivity index (χ1) is 7.97. The maximum absolute atomic E-state index is 12.8. The zero-order chi connectivity index (χ0) is 13.0. The highest BCUT2D eigenvalue weighted by molar-refractivity contribution is 6.31. The molecule has 3 N–H and O–H groups in total. The molecule has 2 atom stereocenters. The van der Waals surface area contributed by atoms with E-state index in [4.69, 9.17) is 17.3 Å². The Kier molecular flexibility index (Phi) is 4.86. The number of benzene rings is 1. The SMILES string of the molecule is CCOC(=O)C(N)C(O)c1ccc(F)cc1Cl. The third kappa shape index (κ3) is 3.39. The number of hydrogen-bond acceptors (Lipinski definition) is 4. The third-order valence-corrected chi connectivity index (χ3v) is 2.51. The van der Waals surface area contributed by atoms with Crippen molar-refractivity contribution in [3.63, 3.8) is 0 Å². The zero-order valence-corrected chi connectivity index (χ0v) is 9.95. The Bertz CT molecular complexity index is 414. The maximum atomic E-state index is 12.8. The molecule has 4 nitrogen and oxygen atoms in total. The Labute approximate surface area is 103 Å². The fourth-order valence-corrected chi connectivity index (χ4v) is 1.58. The minimum absolute atomic E-state index is 0.0113. The van der Waals surface area contributed by atoms with Crippen LogP contribution in [-0.2, 0) is 9.53 Å². The highest BCUT2D eigenvalue weighted by Crippen LogP contribution is 2.25. The number of aliphatic hydroxyl groups is 1. The van der Waals surface area contributed by atoms with Crippen molar-refractivity contribution in [2.24, 2.45) is 5.73 Å².